The predicted octanol–water partition coefficient (Wildman–Crippen LogP) is 2.14. The third-order valence-electron chi connectivity index (χ3n) is 2.44. The lowest BCUT2D eigenvalue weighted by molar-refractivity contribution is 0.0693. The number of hydrogen-bond acceptors (Lipinski definition) is 3. The van der Waals surface area contributed by atoms with Crippen molar-refractivity contribution in [3.05, 3.63) is 22.7 Å². The molecule has 2 amide bonds. The van der Waals surface area contributed by atoms with Crippen LogP contribution in [0.15, 0.2) is 12.1 Å². The van der Waals surface area contributed by atoms with Crippen LogP contribution in [0.3, 0.4) is 0 Å². The molecule has 0 spiro atoms. The Morgan fingerprint density at radius 2 is 2.20 bits per heavy atom. The third kappa shape index (κ3) is 3.56. The fourth-order valence-electron chi connectivity index (χ4n) is 1.40. The standard InChI is InChI=1S/C13H13ClN2O4/c1-4-5-16(2)13(19)15-10-7-11(20-3)8(12(17)18)6-9(10)14/h1,6-7H,5H2,2-3H3,(H,15,19)(H,17,18). The first-order valence-corrected chi connectivity index (χ1v) is 5.85. The first-order chi connectivity index (χ1) is 9.40. The number of ether oxygens (including phenoxy) is 1. The molecule has 1 rings (SSSR count). The maximum atomic E-state index is 11.8. The molecule has 6 nitrogen and oxygen atoms in total. The van der Waals surface area contributed by atoms with Crippen LogP contribution in [0, 0.1) is 12.3 Å². The summed E-state index contributed by atoms with van der Waals surface area (Å²) in [5.41, 5.74) is 0.148. The molecule has 0 fully saturated rings. The van der Waals surface area contributed by atoms with Crippen molar-refractivity contribution in [1.29, 1.82) is 0 Å². The minimum Gasteiger partial charge on any atom is -0.496 e. The number of halogens is 1. The zero-order valence-electron chi connectivity index (χ0n) is 10.9. The van der Waals surface area contributed by atoms with Crippen molar-refractivity contribution in [2.45, 2.75) is 0 Å². The molecule has 0 saturated carbocycles. The number of hydrogen-bond donors (Lipinski definition) is 2. The van der Waals surface area contributed by atoms with E-state index in [2.05, 4.69) is 11.2 Å². The van der Waals surface area contributed by atoms with Crippen LogP contribution >= 0.6 is 11.6 Å². The maximum absolute atomic E-state index is 11.8. The highest BCUT2D eigenvalue weighted by molar-refractivity contribution is 6.34. The van der Waals surface area contributed by atoms with Gasteiger partial charge in [0.15, 0.2) is 0 Å². The van der Waals surface area contributed by atoms with Gasteiger partial charge in [0.2, 0.25) is 0 Å². The number of rotatable bonds is 4. The Hall–Kier alpha value is -2.39. The molecule has 0 unspecified atom stereocenters. The van der Waals surface area contributed by atoms with Crippen LogP contribution in [0.25, 0.3) is 0 Å². The topological polar surface area (TPSA) is 78.9 Å². The highest BCUT2D eigenvalue weighted by atomic mass is 35.5. The number of benzene rings is 1. The second kappa shape index (κ2) is 6.68. The minimum atomic E-state index is -1.17. The van der Waals surface area contributed by atoms with Crippen molar-refractivity contribution in [3.8, 4) is 18.1 Å². The van der Waals surface area contributed by atoms with Gasteiger partial charge in [0, 0.05) is 13.1 Å². The molecule has 20 heavy (non-hydrogen) atoms. The van der Waals surface area contributed by atoms with Crippen molar-refractivity contribution in [2.75, 3.05) is 26.0 Å². The van der Waals surface area contributed by atoms with Crippen LogP contribution < -0.4 is 10.1 Å². The highest BCUT2D eigenvalue weighted by Gasteiger charge is 2.17. The number of carbonyl (C=O) groups excluding carboxylic acids is 1. The summed E-state index contributed by atoms with van der Waals surface area (Å²) in [5.74, 6) is 1.24. The second-order valence-corrected chi connectivity index (χ2v) is 4.24. The van der Waals surface area contributed by atoms with E-state index in [1.54, 1.807) is 0 Å². The summed E-state index contributed by atoms with van der Waals surface area (Å²) in [5, 5.41) is 11.6. The molecular weight excluding hydrogens is 284 g/mol. The number of terminal acetylenes is 1. The van der Waals surface area contributed by atoms with E-state index in [4.69, 9.17) is 27.9 Å². The average Bonchev–Trinajstić information content (AvgIpc) is 2.40. The summed E-state index contributed by atoms with van der Waals surface area (Å²) in [6, 6.07) is 2.09. The smallest absolute Gasteiger partial charge is 0.339 e. The second-order valence-electron chi connectivity index (χ2n) is 3.83. The van der Waals surface area contributed by atoms with Gasteiger partial charge in [-0.15, -0.1) is 6.42 Å². The fourth-order valence-corrected chi connectivity index (χ4v) is 1.62. The van der Waals surface area contributed by atoms with Crippen LogP contribution in [-0.4, -0.2) is 42.7 Å². The quantitative estimate of drug-likeness (QED) is 0.834. The van der Waals surface area contributed by atoms with Gasteiger partial charge in [0.1, 0.15) is 11.3 Å². The first-order valence-electron chi connectivity index (χ1n) is 5.47. The van der Waals surface area contributed by atoms with Gasteiger partial charge in [0.05, 0.1) is 24.4 Å². The zero-order valence-corrected chi connectivity index (χ0v) is 11.7. The SMILES string of the molecule is C#CCN(C)C(=O)Nc1cc(OC)c(C(=O)O)cc1Cl. The van der Waals surface area contributed by atoms with Crippen molar-refractivity contribution in [1.82, 2.24) is 4.90 Å². The van der Waals surface area contributed by atoms with Crippen LogP contribution in [0.2, 0.25) is 5.02 Å². The first kappa shape index (κ1) is 15.7. The van der Waals surface area contributed by atoms with Gasteiger partial charge in [-0.05, 0) is 6.07 Å². The van der Waals surface area contributed by atoms with E-state index in [1.165, 1.54) is 31.2 Å². The number of aromatic carboxylic acids is 1. The summed E-state index contributed by atoms with van der Waals surface area (Å²) in [4.78, 5) is 24.1. The predicted molar refractivity (Wildman–Crippen MR) is 75.4 cm³/mol. The number of carboxylic acid groups (broad SMARTS) is 1. The van der Waals surface area contributed by atoms with Gasteiger partial charge >= 0.3 is 12.0 Å². The Balaban J connectivity index is 3.06. The van der Waals surface area contributed by atoms with Crippen molar-refractivity contribution >= 4 is 29.3 Å². The molecule has 0 atom stereocenters. The number of carbonyl (C=O) groups is 2. The summed E-state index contributed by atoms with van der Waals surface area (Å²) in [6.45, 7) is 0.133. The fraction of sp³-hybridized carbons (Fsp3) is 0.231. The van der Waals surface area contributed by atoms with E-state index in [0.29, 0.717) is 0 Å². The van der Waals surface area contributed by atoms with Crippen LogP contribution in [0.5, 0.6) is 5.75 Å². The minimum absolute atomic E-state index is 0.0886. The highest BCUT2D eigenvalue weighted by Crippen LogP contribution is 2.31. The number of nitrogens with zero attached hydrogens (tertiary/aromatic N) is 1. The Bertz CT molecular complexity index is 580. The molecular formula is C13H13ClN2O4. The van der Waals surface area contributed by atoms with Crippen molar-refractivity contribution in [3.63, 3.8) is 0 Å². The van der Waals surface area contributed by atoms with Gasteiger partial charge in [0.25, 0.3) is 0 Å². The van der Waals surface area contributed by atoms with E-state index in [1.807, 2.05) is 0 Å². The number of methoxy groups -OCH3 is 1. The monoisotopic (exact) mass is 296 g/mol. The number of nitrogens with one attached hydrogen (secondary N) is 1. The molecule has 0 aromatic heterocycles. The maximum Gasteiger partial charge on any atom is 0.339 e. The molecule has 0 aliphatic heterocycles. The third-order valence-corrected chi connectivity index (χ3v) is 2.75. The van der Waals surface area contributed by atoms with E-state index < -0.39 is 12.0 Å². The summed E-state index contributed by atoms with van der Waals surface area (Å²) in [6.07, 6.45) is 5.11. The van der Waals surface area contributed by atoms with Crippen molar-refractivity contribution in [2.24, 2.45) is 0 Å². The van der Waals surface area contributed by atoms with Crippen LogP contribution in [0.4, 0.5) is 10.5 Å². The molecule has 0 aliphatic carbocycles. The normalized spacial score (nSPS) is 9.50. The van der Waals surface area contributed by atoms with Gasteiger partial charge in [-0.3, -0.25) is 0 Å². The summed E-state index contributed by atoms with van der Waals surface area (Å²) >= 11 is 5.94. The molecule has 2 N–H and O–H groups in total. The summed E-state index contributed by atoms with van der Waals surface area (Å²) in [7, 11) is 2.84. The van der Waals surface area contributed by atoms with Gasteiger partial charge < -0.3 is 20.1 Å². The van der Waals surface area contributed by atoms with E-state index in [9.17, 15) is 9.59 Å². The molecule has 106 valence electrons. The average molecular weight is 297 g/mol. The van der Waals surface area contributed by atoms with Crippen molar-refractivity contribution < 1.29 is 19.4 Å². The molecule has 0 aliphatic rings. The van der Waals surface area contributed by atoms with E-state index >= 15 is 0 Å². The molecule has 7 heteroatoms. The Morgan fingerprint density at radius 3 is 2.70 bits per heavy atom. The largest absolute Gasteiger partial charge is 0.496 e. The lowest BCUT2D eigenvalue weighted by Crippen LogP contribution is -2.31. The van der Waals surface area contributed by atoms with Crippen LogP contribution in [0.1, 0.15) is 10.4 Å². The molecule has 1 aromatic rings. The van der Waals surface area contributed by atoms with Gasteiger partial charge in [-0.2, -0.15) is 0 Å². The zero-order chi connectivity index (χ0) is 15.3. The molecule has 0 saturated heterocycles. The number of urea groups is 1. The summed E-state index contributed by atoms with van der Waals surface area (Å²) < 4.78 is 4.96. The Labute approximate surface area is 121 Å². The van der Waals surface area contributed by atoms with E-state index in [0.717, 1.165) is 0 Å². The Morgan fingerprint density at radius 1 is 1.55 bits per heavy atom. The number of amides is 2. The molecule has 0 bridgehead atoms. The van der Waals surface area contributed by atoms with E-state index in [-0.39, 0.29) is 28.6 Å². The molecule has 1 aromatic carbocycles. The van der Waals surface area contributed by atoms with Gasteiger partial charge in [-0.25, -0.2) is 9.59 Å². The molecule has 0 radical (unpaired) electrons. The Kier molecular flexibility index (Phi) is 5.23. The number of carboxylic acids is 1. The lowest BCUT2D eigenvalue weighted by Gasteiger charge is -2.16. The molecule has 0 heterocycles. The number of anilines is 1. The van der Waals surface area contributed by atoms with Crippen LogP contribution in [-0.2, 0) is 0 Å². The lowest BCUT2D eigenvalue weighted by atomic mass is 10.2. The van der Waals surface area contributed by atoms with Gasteiger partial charge in [-0.1, -0.05) is 17.5 Å².